The van der Waals surface area contributed by atoms with Gasteiger partial charge in [-0.15, -0.1) is 0 Å². The average Bonchev–Trinajstić information content (AvgIpc) is 2.76. The molecule has 0 radical (unpaired) electrons. The van der Waals surface area contributed by atoms with E-state index in [2.05, 4.69) is 52.8 Å². The highest BCUT2D eigenvalue weighted by atomic mass is 16.5. The Labute approximate surface area is 173 Å². The number of hydrogen-bond donors (Lipinski definition) is 3. The van der Waals surface area contributed by atoms with E-state index in [4.69, 9.17) is 9.73 Å². The summed E-state index contributed by atoms with van der Waals surface area (Å²) in [5.41, 5.74) is 2.15. The van der Waals surface area contributed by atoms with Gasteiger partial charge >= 0.3 is 0 Å². The third kappa shape index (κ3) is 6.04. The highest BCUT2D eigenvalue weighted by molar-refractivity contribution is 5.80. The van der Waals surface area contributed by atoms with Crippen LogP contribution in [0.4, 0.5) is 5.69 Å². The number of anilines is 1. The number of ether oxygens (including phenoxy) is 1. The molecule has 0 spiro atoms. The van der Waals surface area contributed by atoms with Gasteiger partial charge in [0.1, 0.15) is 11.5 Å². The molecule has 0 bridgehead atoms. The van der Waals surface area contributed by atoms with Gasteiger partial charge < -0.3 is 25.4 Å². The molecule has 6 nitrogen and oxygen atoms in total. The topological polar surface area (TPSA) is 69.1 Å². The van der Waals surface area contributed by atoms with Gasteiger partial charge in [0.25, 0.3) is 0 Å². The first-order chi connectivity index (χ1) is 14.2. The fourth-order valence-electron chi connectivity index (χ4n) is 3.65. The molecule has 1 atom stereocenters. The van der Waals surface area contributed by atoms with Crippen molar-refractivity contribution < 1.29 is 9.84 Å². The number of piperidine rings is 1. The largest absolute Gasteiger partial charge is 0.508 e. The SMILES string of the molecule is CCNC(=NCCc1ccc(OC)cc1O)NC1CCCN(c2ccccc2)C1. The number of phenols is 1. The van der Waals surface area contributed by atoms with Crippen molar-refractivity contribution >= 4 is 11.6 Å². The smallest absolute Gasteiger partial charge is 0.191 e. The highest BCUT2D eigenvalue weighted by Crippen LogP contribution is 2.23. The standard InChI is InChI=1S/C23H32N4O2/c1-3-24-23(25-14-13-18-11-12-21(29-2)16-22(18)28)26-19-8-7-15-27(17-19)20-9-5-4-6-10-20/h4-6,9-12,16,19,28H,3,7-8,13-15,17H2,1-2H3,(H2,24,25,26). The molecule has 2 aromatic carbocycles. The molecule has 1 aliphatic rings. The van der Waals surface area contributed by atoms with Crippen molar-refractivity contribution in [1.29, 1.82) is 0 Å². The Bertz CT molecular complexity index is 795. The molecule has 1 heterocycles. The maximum absolute atomic E-state index is 10.1. The highest BCUT2D eigenvalue weighted by Gasteiger charge is 2.20. The maximum Gasteiger partial charge on any atom is 0.191 e. The van der Waals surface area contributed by atoms with Crippen LogP contribution in [0, 0.1) is 0 Å². The first kappa shape index (κ1) is 20.8. The Hall–Kier alpha value is -2.89. The first-order valence-electron chi connectivity index (χ1n) is 10.4. The van der Waals surface area contributed by atoms with Crippen molar-refractivity contribution in [2.24, 2.45) is 4.99 Å². The van der Waals surface area contributed by atoms with Crippen LogP contribution >= 0.6 is 0 Å². The van der Waals surface area contributed by atoms with Crippen LogP contribution in [0.25, 0.3) is 0 Å². The Morgan fingerprint density at radius 3 is 2.79 bits per heavy atom. The number of phenolic OH excluding ortho intramolecular Hbond substituents is 1. The summed E-state index contributed by atoms with van der Waals surface area (Å²) in [6.07, 6.45) is 2.96. The lowest BCUT2D eigenvalue weighted by Gasteiger charge is -2.35. The summed E-state index contributed by atoms with van der Waals surface area (Å²) in [5.74, 6) is 1.74. The Balaban J connectivity index is 1.57. The summed E-state index contributed by atoms with van der Waals surface area (Å²) in [7, 11) is 1.59. The van der Waals surface area contributed by atoms with E-state index in [1.165, 1.54) is 5.69 Å². The lowest BCUT2D eigenvalue weighted by atomic mass is 10.1. The molecule has 3 rings (SSSR count). The van der Waals surface area contributed by atoms with E-state index in [1.807, 2.05) is 12.1 Å². The van der Waals surface area contributed by atoms with Crippen molar-refractivity contribution in [3.8, 4) is 11.5 Å². The molecule has 29 heavy (non-hydrogen) atoms. The van der Waals surface area contributed by atoms with E-state index >= 15 is 0 Å². The normalized spacial score (nSPS) is 17.1. The van der Waals surface area contributed by atoms with Gasteiger partial charge in [-0.1, -0.05) is 24.3 Å². The van der Waals surface area contributed by atoms with E-state index in [0.29, 0.717) is 24.8 Å². The molecule has 156 valence electrons. The Morgan fingerprint density at radius 1 is 1.24 bits per heavy atom. The Morgan fingerprint density at radius 2 is 2.07 bits per heavy atom. The lowest BCUT2D eigenvalue weighted by Crippen LogP contribution is -2.51. The molecule has 1 unspecified atom stereocenters. The molecule has 1 aliphatic heterocycles. The molecule has 0 saturated carbocycles. The van der Waals surface area contributed by atoms with E-state index in [9.17, 15) is 5.11 Å². The fourth-order valence-corrected chi connectivity index (χ4v) is 3.65. The third-order valence-corrected chi connectivity index (χ3v) is 5.17. The van der Waals surface area contributed by atoms with Crippen LogP contribution in [0.1, 0.15) is 25.3 Å². The molecule has 6 heteroatoms. The quantitative estimate of drug-likeness (QED) is 0.495. The number of methoxy groups -OCH3 is 1. The first-order valence-corrected chi connectivity index (χ1v) is 10.4. The Kier molecular flexibility index (Phi) is 7.61. The van der Waals surface area contributed by atoms with Gasteiger partial charge in [-0.3, -0.25) is 4.99 Å². The van der Waals surface area contributed by atoms with Crippen molar-refractivity contribution in [1.82, 2.24) is 10.6 Å². The van der Waals surface area contributed by atoms with Crippen LogP contribution in [-0.4, -0.2) is 50.4 Å². The number of nitrogens with zero attached hydrogens (tertiary/aromatic N) is 2. The number of aromatic hydroxyl groups is 1. The molecule has 3 N–H and O–H groups in total. The van der Waals surface area contributed by atoms with Crippen LogP contribution in [0.2, 0.25) is 0 Å². The zero-order valence-corrected chi connectivity index (χ0v) is 17.4. The second-order valence-electron chi connectivity index (χ2n) is 7.27. The number of benzene rings is 2. The van der Waals surface area contributed by atoms with Crippen molar-refractivity contribution in [3.05, 3.63) is 54.1 Å². The van der Waals surface area contributed by atoms with Gasteiger partial charge in [-0.25, -0.2) is 0 Å². The van der Waals surface area contributed by atoms with Crippen LogP contribution < -0.4 is 20.3 Å². The average molecular weight is 397 g/mol. The van der Waals surface area contributed by atoms with Gasteiger partial charge in [-0.2, -0.15) is 0 Å². The molecule has 1 saturated heterocycles. The summed E-state index contributed by atoms with van der Waals surface area (Å²) in [6, 6.07) is 16.3. The fraction of sp³-hybridized carbons (Fsp3) is 0.435. The van der Waals surface area contributed by atoms with Gasteiger partial charge in [0.15, 0.2) is 5.96 Å². The molecule has 2 aromatic rings. The lowest BCUT2D eigenvalue weighted by molar-refractivity contribution is 0.406. The minimum Gasteiger partial charge on any atom is -0.508 e. The number of aliphatic imine (C=N–C) groups is 1. The van der Waals surface area contributed by atoms with E-state index in [-0.39, 0.29) is 5.75 Å². The number of hydrogen-bond acceptors (Lipinski definition) is 4. The number of guanidine groups is 1. The summed E-state index contributed by atoms with van der Waals surface area (Å²) in [6.45, 7) is 5.54. The van der Waals surface area contributed by atoms with Crippen LogP contribution in [0.5, 0.6) is 11.5 Å². The molecule has 1 fully saturated rings. The summed E-state index contributed by atoms with van der Waals surface area (Å²) in [5, 5.41) is 17.1. The van der Waals surface area contributed by atoms with Crippen LogP contribution in [0.15, 0.2) is 53.5 Å². The second kappa shape index (κ2) is 10.6. The van der Waals surface area contributed by atoms with Crippen LogP contribution in [-0.2, 0) is 6.42 Å². The predicted molar refractivity (Wildman–Crippen MR) is 119 cm³/mol. The van der Waals surface area contributed by atoms with Crippen LogP contribution in [0.3, 0.4) is 0 Å². The number of para-hydroxylation sites is 1. The zero-order chi connectivity index (χ0) is 20.5. The number of nitrogens with one attached hydrogen (secondary N) is 2. The van der Waals surface area contributed by atoms with Crippen molar-refractivity contribution in [2.45, 2.75) is 32.2 Å². The second-order valence-corrected chi connectivity index (χ2v) is 7.27. The van der Waals surface area contributed by atoms with Crippen molar-refractivity contribution in [3.63, 3.8) is 0 Å². The molecule has 0 aliphatic carbocycles. The van der Waals surface area contributed by atoms with E-state index < -0.39 is 0 Å². The molecular weight excluding hydrogens is 364 g/mol. The monoisotopic (exact) mass is 396 g/mol. The van der Waals surface area contributed by atoms with E-state index in [0.717, 1.165) is 44.0 Å². The molecule has 0 amide bonds. The summed E-state index contributed by atoms with van der Waals surface area (Å²) >= 11 is 0. The minimum absolute atomic E-state index is 0.253. The molecular formula is C23H32N4O2. The van der Waals surface area contributed by atoms with E-state index in [1.54, 1.807) is 13.2 Å². The minimum atomic E-state index is 0.253. The molecule has 0 aromatic heterocycles. The third-order valence-electron chi connectivity index (χ3n) is 5.17. The van der Waals surface area contributed by atoms with Crippen molar-refractivity contribution in [2.75, 3.05) is 38.2 Å². The van der Waals surface area contributed by atoms with Gasteiger partial charge in [0.05, 0.1) is 7.11 Å². The van der Waals surface area contributed by atoms with Gasteiger partial charge in [0.2, 0.25) is 0 Å². The zero-order valence-electron chi connectivity index (χ0n) is 17.4. The number of rotatable bonds is 7. The maximum atomic E-state index is 10.1. The summed E-state index contributed by atoms with van der Waals surface area (Å²) in [4.78, 5) is 7.15. The predicted octanol–water partition coefficient (Wildman–Crippen LogP) is 3.17. The van der Waals surface area contributed by atoms with Gasteiger partial charge in [0, 0.05) is 44.0 Å². The van der Waals surface area contributed by atoms with Gasteiger partial charge in [-0.05, 0) is 49.9 Å². The summed E-state index contributed by atoms with van der Waals surface area (Å²) < 4.78 is 5.14.